The summed E-state index contributed by atoms with van der Waals surface area (Å²) in [6, 6.07) is 12.4. The van der Waals surface area contributed by atoms with Crippen LogP contribution >= 0.6 is 0 Å². The van der Waals surface area contributed by atoms with E-state index in [0.717, 1.165) is 16.8 Å². The van der Waals surface area contributed by atoms with Crippen molar-refractivity contribution in [3.8, 4) is 0 Å². The van der Waals surface area contributed by atoms with Crippen LogP contribution in [-0.2, 0) is 16.0 Å². The number of anilines is 1. The smallest absolute Gasteiger partial charge is 0.228 e. The summed E-state index contributed by atoms with van der Waals surface area (Å²) < 4.78 is 13.6. The van der Waals surface area contributed by atoms with Gasteiger partial charge in [0.15, 0.2) is 0 Å². The highest BCUT2D eigenvalue weighted by molar-refractivity contribution is 5.99. The molecule has 2 atom stereocenters. The predicted molar refractivity (Wildman–Crippen MR) is 99.3 cm³/mol. The SMILES string of the molecule is Cc1ccc(C)c(NC(=O)C2CC2C(=O)NCCc2ccccc2F)c1. The lowest BCUT2D eigenvalue weighted by molar-refractivity contribution is -0.125. The molecule has 136 valence electrons. The van der Waals surface area contributed by atoms with Crippen molar-refractivity contribution in [3.05, 3.63) is 65.0 Å². The van der Waals surface area contributed by atoms with E-state index in [1.54, 1.807) is 18.2 Å². The second kappa shape index (κ2) is 7.68. The molecule has 0 aliphatic heterocycles. The molecule has 2 unspecified atom stereocenters. The molecule has 4 nitrogen and oxygen atoms in total. The first-order valence-corrected chi connectivity index (χ1v) is 8.85. The minimum absolute atomic E-state index is 0.118. The third-order valence-corrected chi connectivity index (χ3v) is 4.77. The van der Waals surface area contributed by atoms with Gasteiger partial charge in [-0.3, -0.25) is 9.59 Å². The largest absolute Gasteiger partial charge is 0.356 e. The van der Waals surface area contributed by atoms with E-state index in [-0.39, 0.29) is 29.5 Å². The van der Waals surface area contributed by atoms with E-state index in [1.807, 2.05) is 32.0 Å². The molecular weight excluding hydrogens is 331 g/mol. The number of rotatable bonds is 6. The van der Waals surface area contributed by atoms with Crippen molar-refractivity contribution in [2.45, 2.75) is 26.7 Å². The van der Waals surface area contributed by atoms with Gasteiger partial charge >= 0.3 is 0 Å². The zero-order chi connectivity index (χ0) is 18.7. The highest BCUT2D eigenvalue weighted by Crippen LogP contribution is 2.39. The van der Waals surface area contributed by atoms with E-state index in [0.29, 0.717) is 24.9 Å². The monoisotopic (exact) mass is 354 g/mol. The average molecular weight is 354 g/mol. The summed E-state index contributed by atoms with van der Waals surface area (Å²) in [6.07, 6.45) is 0.993. The van der Waals surface area contributed by atoms with Crippen LogP contribution < -0.4 is 10.6 Å². The molecule has 5 heteroatoms. The summed E-state index contributed by atoms with van der Waals surface area (Å²) in [5, 5.41) is 5.72. The first-order chi connectivity index (χ1) is 12.5. The Labute approximate surface area is 152 Å². The zero-order valence-corrected chi connectivity index (χ0v) is 15.0. The van der Waals surface area contributed by atoms with E-state index < -0.39 is 0 Å². The lowest BCUT2D eigenvalue weighted by Crippen LogP contribution is -2.29. The van der Waals surface area contributed by atoms with Gasteiger partial charge in [-0.15, -0.1) is 0 Å². The summed E-state index contributed by atoms with van der Waals surface area (Å²) in [6.45, 7) is 4.27. The van der Waals surface area contributed by atoms with Crippen molar-refractivity contribution < 1.29 is 14.0 Å². The molecule has 1 fully saturated rings. The molecule has 0 saturated heterocycles. The molecule has 1 aliphatic carbocycles. The maximum Gasteiger partial charge on any atom is 0.228 e. The third-order valence-electron chi connectivity index (χ3n) is 4.77. The van der Waals surface area contributed by atoms with Gasteiger partial charge < -0.3 is 10.6 Å². The van der Waals surface area contributed by atoms with Gasteiger partial charge in [0.2, 0.25) is 11.8 Å². The molecule has 26 heavy (non-hydrogen) atoms. The number of nitrogens with one attached hydrogen (secondary N) is 2. The Hall–Kier alpha value is -2.69. The molecule has 2 amide bonds. The number of benzene rings is 2. The third kappa shape index (κ3) is 4.28. The van der Waals surface area contributed by atoms with Gasteiger partial charge in [0.25, 0.3) is 0 Å². The fourth-order valence-corrected chi connectivity index (χ4v) is 3.02. The van der Waals surface area contributed by atoms with Crippen LogP contribution in [0.2, 0.25) is 0 Å². The van der Waals surface area contributed by atoms with Crippen molar-refractivity contribution >= 4 is 17.5 Å². The Bertz CT molecular complexity index is 835. The highest BCUT2D eigenvalue weighted by atomic mass is 19.1. The summed E-state index contributed by atoms with van der Waals surface area (Å²) in [7, 11) is 0. The average Bonchev–Trinajstić information content (AvgIpc) is 3.41. The fourth-order valence-electron chi connectivity index (χ4n) is 3.02. The Kier molecular flexibility index (Phi) is 5.35. The lowest BCUT2D eigenvalue weighted by atomic mass is 10.1. The summed E-state index contributed by atoms with van der Waals surface area (Å²) in [5.41, 5.74) is 3.44. The predicted octanol–water partition coefficient (Wildman–Crippen LogP) is 3.38. The number of hydrogen-bond acceptors (Lipinski definition) is 2. The maximum atomic E-state index is 13.6. The van der Waals surface area contributed by atoms with Crippen LogP contribution in [0.5, 0.6) is 0 Å². The molecule has 3 rings (SSSR count). The molecule has 2 N–H and O–H groups in total. The van der Waals surface area contributed by atoms with Crippen molar-refractivity contribution in [1.29, 1.82) is 0 Å². The number of aryl methyl sites for hydroxylation is 2. The summed E-state index contributed by atoms with van der Waals surface area (Å²) in [4.78, 5) is 24.5. The van der Waals surface area contributed by atoms with Gasteiger partial charge in [0, 0.05) is 12.2 Å². The molecule has 1 saturated carbocycles. The molecule has 0 aromatic heterocycles. The Morgan fingerprint density at radius 3 is 2.58 bits per heavy atom. The van der Waals surface area contributed by atoms with Crippen molar-refractivity contribution in [2.75, 3.05) is 11.9 Å². The standard InChI is InChI=1S/C21H23FN2O2/c1-13-7-8-14(2)19(11-13)24-21(26)17-12-16(17)20(25)23-10-9-15-5-3-4-6-18(15)22/h3-8,11,16-17H,9-10,12H2,1-2H3,(H,23,25)(H,24,26). The highest BCUT2D eigenvalue weighted by Gasteiger charge is 2.47. The van der Waals surface area contributed by atoms with Crippen LogP contribution in [-0.4, -0.2) is 18.4 Å². The first kappa shape index (κ1) is 18.1. The number of carbonyl (C=O) groups is 2. The number of amides is 2. The Morgan fingerprint density at radius 1 is 1.08 bits per heavy atom. The molecule has 1 aliphatic rings. The van der Waals surface area contributed by atoms with E-state index >= 15 is 0 Å². The summed E-state index contributed by atoms with van der Waals surface area (Å²) in [5.74, 6) is -1.10. The second-order valence-corrected chi connectivity index (χ2v) is 6.89. The molecular formula is C21H23FN2O2. The first-order valence-electron chi connectivity index (χ1n) is 8.85. The molecule has 0 bridgehead atoms. The van der Waals surface area contributed by atoms with Gasteiger partial charge in [-0.25, -0.2) is 4.39 Å². The van der Waals surface area contributed by atoms with E-state index in [1.165, 1.54) is 6.07 Å². The van der Waals surface area contributed by atoms with Crippen molar-refractivity contribution in [2.24, 2.45) is 11.8 Å². The topological polar surface area (TPSA) is 58.2 Å². The zero-order valence-electron chi connectivity index (χ0n) is 15.0. The van der Waals surface area contributed by atoms with Crippen LogP contribution in [0.1, 0.15) is 23.1 Å². The van der Waals surface area contributed by atoms with Crippen LogP contribution in [0.25, 0.3) is 0 Å². The number of carbonyl (C=O) groups excluding carboxylic acids is 2. The van der Waals surface area contributed by atoms with Crippen LogP contribution in [0.3, 0.4) is 0 Å². The fraction of sp³-hybridized carbons (Fsp3) is 0.333. The Morgan fingerprint density at radius 2 is 1.81 bits per heavy atom. The van der Waals surface area contributed by atoms with Gasteiger partial charge in [0.05, 0.1) is 11.8 Å². The number of hydrogen-bond donors (Lipinski definition) is 2. The van der Waals surface area contributed by atoms with Gasteiger partial charge in [-0.1, -0.05) is 30.3 Å². The maximum absolute atomic E-state index is 13.6. The van der Waals surface area contributed by atoms with Crippen molar-refractivity contribution in [3.63, 3.8) is 0 Å². The molecule has 2 aromatic rings. The van der Waals surface area contributed by atoms with Crippen molar-refractivity contribution in [1.82, 2.24) is 5.32 Å². The Balaban J connectivity index is 1.47. The quantitative estimate of drug-likeness (QED) is 0.836. The van der Waals surface area contributed by atoms with Crippen LogP contribution in [0.15, 0.2) is 42.5 Å². The lowest BCUT2D eigenvalue weighted by Gasteiger charge is -2.09. The van der Waals surface area contributed by atoms with Gasteiger partial charge in [-0.05, 0) is 55.5 Å². The molecule has 0 spiro atoms. The van der Waals surface area contributed by atoms with E-state index in [9.17, 15) is 14.0 Å². The molecule has 2 aromatic carbocycles. The minimum atomic E-state index is -0.291. The molecule has 0 heterocycles. The van der Waals surface area contributed by atoms with Crippen LogP contribution in [0.4, 0.5) is 10.1 Å². The van der Waals surface area contributed by atoms with Crippen LogP contribution in [0, 0.1) is 31.5 Å². The minimum Gasteiger partial charge on any atom is -0.356 e. The normalized spacial score (nSPS) is 18.3. The van der Waals surface area contributed by atoms with E-state index in [4.69, 9.17) is 0 Å². The second-order valence-electron chi connectivity index (χ2n) is 6.89. The molecule has 0 radical (unpaired) electrons. The number of halogens is 1. The summed E-state index contributed by atoms with van der Waals surface area (Å²) >= 11 is 0. The van der Waals surface area contributed by atoms with Gasteiger partial charge in [0.1, 0.15) is 5.82 Å². The van der Waals surface area contributed by atoms with Gasteiger partial charge in [-0.2, -0.15) is 0 Å². The van der Waals surface area contributed by atoms with E-state index in [2.05, 4.69) is 10.6 Å².